The fourth-order valence-electron chi connectivity index (χ4n) is 1.12. The molecular formula is C8H9N3S. The van der Waals surface area contributed by atoms with Crippen LogP contribution in [0.4, 0.5) is 0 Å². The van der Waals surface area contributed by atoms with Gasteiger partial charge in [0.05, 0.1) is 11.9 Å². The second-order valence-corrected chi connectivity index (χ2v) is 3.27. The first kappa shape index (κ1) is 7.52. The second-order valence-electron chi connectivity index (χ2n) is 2.49. The summed E-state index contributed by atoms with van der Waals surface area (Å²) >= 11 is 1.67. The lowest BCUT2D eigenvalue weighted by molar-refractivity contribution is 1.08. The number of rotatable bonds is 2. The summed E-state index contributed by atoms with van der Waals surface area (Å²) in [4.78, 5) is 0. The number of H-pyrrole nitrogens is 1. The van der Waals surface area contributed by atoms with Crippen molar-refractivity contribution in [2.75, 3.05) is 0 Å². The zero-order valence-corrected chi connectivity index (χ0v) is 7.27. The van der Waals surface area contributed by atoms with Gasteiger partial charge in [0.25, 0.3) is 0 Å². The molecule has 0 saturated carbocycles. The maximum atomic E-state index is 5.54. The summed E-state index contributed by atoms with van der Waals surface area (Å²) in [7, 11) is 0. The van der Waals surface area contributed by atoms with Gasteiger partial charge in [0, 0.05) is 23.1 Å². The molecule has 3 nitrogen and oxygen atoms in total. The van der Waals surface area contributed by atoms with Gasteiger partial charge in [-0.15, -0.1) is 0 Å². The minimum Gasteiger partial charge on any atom is -0.326 e. The van der Waals surface area contributed by atoms with E-state index in [9.17, 15) is 0 Å². The molecule has 3 N–H and O–H groups in total. The van der Waals surface area contributed by atoms with E-state index < -0.39 is 0 Å². The molecule has 0 unspecified atom stereocenters. The summed E-state index contributed by atoms with van der Waals surface area (Å²) in [5.41, 5.74) is 8.81. The van der Waals surface area contributed by atoms with Crippen molar-refractivity contribution in [3.8, 4) is 11.3 Å². The number of aromatic nitrogens is 2. The van der Waals surface area contributed by atoms with Gasteiger partial charge >= 0.3 is 0 Å². The molecule has 0 radical (unpaired) electrons. The van der Waals surface area contributed by atoms with Crippen LogP contribution in [0.15, 0.2) is 23.0 Å². The monoisotopic (exact) mass is 179 g/mol. The molecule has 0 aliphatic rings. The Hall–Kier alpha value is -1.13. The summed E-state index contributed by atoms with van der Waals surface area (Å²) in [5, 5.41) is 11.0. The third-order valence-corrected chi connectivity index (χ3v) is 2.43. The van der Waals surface area contributed by atoms with Gasteiger partial charge in [0.15, 0.2) is 0 Å². The van der Waals surface area contributed by atoms with Gasteiger partial charge in [-0.2, -0.15) is 16.4 Å². The molecule has 0 fully saturated rings. The largest absolute Gasteiger partial charge is 0.326 e. The molecule has 0 aliphatic heterocycles. The van der Waals surface area contributed by atoms with Crippen molar-refractivity contribution in [2.45, 2.75) is 6.54 Å². The number of hydrogen-bond acceptors (Lipinski definition) is 3. The van der Waals surface area contributed by atoms with E-state index in [4.69, 9.17) is 5.73 Å². The number of nitrogens with zero attached hydrogens (tertiary/aromatic N) is 1. The Morgan fingerprint density at radius 3 is 3.17 bits per heavy atom. The lowest BCUT2D eigenvalue weighted by Crippen LogP contribution is -1.95. The highest BCUT2D eigenvalue weighted by Crippen LogP contribution is 2.22. The van der Waals surface area contributed by atoms with Crippen LogP contribution in [-0.4, -0.2) is 10.2 Å². The van der Waals surface area contributed by atoms with Crippen LogP contribution in [0, 0.1) is 0 Å². The maximum Gasteiger partial charge on any atom is 0.0703 e. The third kappa shape index (κ3) is 1.15. The van der Waals surface area contributed by atoms with E-state index in [1.54, 1.807) is 17.5 Å². The Labute approximate surface area is 74.2 Å². The summed E-state index contributed by atoms with van der Waals surface area (Å²) in [6.45, 7) is 0.529. The Bertz CT molecular complexity index is 350. The number of aromatic amines is 1. The van der Waals surface area contributed by atoms with Crippen LogP contribution < -0.4 is 5.73 Å². The Morgan fingerprint density at radius 1 is 1.58 bits per heavy atom. The van der Waals surface area contributed by atoms with E-state index >= 15 is 0 Å². The normalized spacial score (nSPS) is 10.4. The minimum atomic E-state index is 0.529. The van der Waals surface area contributed by atoms with Gasteiger partial charge in [-0.25, -0.2) is 0 Å². The van der Waals surface area contributed by atoms with Crippen molar-refractivity contribution >= 4 is 11.3 Å². The Kier molecular flexibility index (Phi) is 1.93. The van der Waals surface area contributed by atoms with Crippen molar-refractivity contribution in [1.82, 2.24) is 10.2 Å². The number of hydrogen-bond donors (Lipinski definition) is 2. The molecule has 2 rings (SSSR count). The average molecular weight is 179 g/mol. The van der Waals surface area contributed by atoms with E-state index in [-0.39, 0.29) is 0 Å². The van der Waals surface area contributed by atoms with Crippen LogP contribution in [-0.2, 0) is 6.54 Å². The number of nitrogens with one attached hydrogen (secondary N) is 1. The molecule has 0 spiro atoms. The molecule has 4 heteroatoms. The molecule has 0 aromatic carbocycles. The number of thiophene rings is 1. The van der Waals surface area contributed by atoms with Gasteiger partial charge in [-0.05, 0) is 11.4 Å². The predicted molar refractivity (Wildman–Crippen MR) is 49.8 cm³/mol. The van der Waals surface area contributed by atoms with Crippen LogP contribution in [0.1, 0.15) is 5.56 Å². The van der Waals surface area contributed by atoms with E-state index in [0.29, 0.717) is 6.54 Å². The average Bonchev–Trinajstić information content (AvgIpc) is 2.74. The molecule has 0 atom stereocenters. The van der Waals surface area contributed by atoms with E-state index in [2.05, 4.69) is 21.6 Å². The van der Waals surface area contributed by atoms with Crippen molar-refractivity contribution < 1.29 is 0 Å². The lowest BCUT2D eigenvalue weighted by Gasteiger charge is -1.95. The molecular weight excluding hydrogens is 170 g/mol. The highest BCUT2D eigenvalue weighted by Gasteiger charge is 2.05. The van der Waals surface area contributed by atoms with Gasteiger partial charge in [-0.1, -0.05) is 0 Å². The second kappa shape index (κ2) is 3.08. The fraction of sp³-hybridized carbons (Fsp3) is 0.125. The van der Waals surface area contributed by atoms with Gasteiger partial charge in [-0.3, -0.25) is 5.10 Å². The van der Waals surface area contributed by atoms with Gasteiger partial charge in [0.2, 0.25) is 0 Å². The molecule has 0 aliphatic carbocycles. The highest BCUT2D eigenvalue weighted by atomic mass is 32.1. The van der Waals surface area contributed by atoms with Crippen LogP contribution in [0.3, 0.4) is 0 Å². The van der Waals surface area contributed by atoms with Crippen molar-refractivity contribution in [2.24, 2.45) is 5.73 Å². The summed E-state index contributed by atoms with van der Waals surface area (Å²) in [6, 6.07) is 2.05. The Balaban J connectivity index is 2.46. The summed E-state index contributed by atoms with van der Waals surface area (Å²) < 4.78 is 0. The van der Waals surface area contributed by atoms with Crippen molar-refractivity contribution in [3.05, 3.63) is 28.6 Å². The molecule has 62 valence electrons. The quantitative estimate of drug-likeness (QED) is 0.735. The maximum absolute atomic E-state index is 5.54. The standard InChI is InChI=1S/C8H9N3S/c9-3-7-4-10-11-8(7)6-1-2-12-5-6/h1-2,4-5H,3,9H2,(H,10,11). The van der Waals surface area contributed by atoms with Crippen molar-refractivity contribution in [3.63, 3.8) is 0 Å². The van der Waals surface area contributed by atoms with Crippen molar-refractivity contribution in [1.29, 1.82) is 0 Å². The van der Waals surface area contributed by atoms with E-state index in [1.165, 1.54) is 0 Å². The first-order valence-electron chi connectivity index (χ1n) is 3.66. The molecule has 2 heterocycles. The Morgan fingerprint density at radius 2 is 2.50 bits per heavy atom. The van der Waals surface area contributed by atoms with Gasteiger partial charge in [0.1, 0.15) is 0 Å². The first-order chi connectivity index (χ1) is 5.92. The summed E-state index contributed by atoms with van der Waals surface area (Å²) in [6.07, 6.45) is 1.77. The molecule has 12 heavy (non-hydrogen) atoms. The van der Waals surface area contributed by atoms with E-state index in [0.717, 1.165) is 16.8 Å². The highest BCUT2D eigenvalue weighted by molar-refractivity contribution is 7.08. The molecule has 2 aromatic heterocycles. The number of nitrogens with two attached hydrogens (primary N) is 1. The molecule has 0 amide bonds. The molecule has 2 aromatic rings. The zero-order valence-electron chi connectivity index (χ0n) is 6.45. The molecule has 0 saturated heterocycles. The lowest BCUT2D eigenvalue weighted by atomic mass is 10.1. The topological polar surface area (TPSA) is 54.7 Å². The smallest absolute Gasteiger partial charge is 0.0703 e. The first-order valence-corrected chi connectivity index (χ1v) is 4.61. The SMILES string of the molecule is NCc1cn[nH]c1-c1ccsc1. The van der Waals surface area contributed by atoms with Crippen LogP contribution >= 0.6 is 11.3 Å². The minimum absolute atomic E-state index is 0.529. The third-order valence-electron chi connectivity index (χ3n) is 1.75. The van der Waals surface area contributed by atoms with Crippen LogP contribution in [0.5, 0.6) is 0 Å². The predicted octanol–water partition coefficient (Wildman–Crippen LogP) is 1.60. The van der Waals surface area contributed by atoms with Crippen LogP contribution in [0.25, 0.3) is 11.3 Å². The van der Waals surface area contributed by atoms with Gasteiger partial charge < -0.3 is 5.73 Å². The van der Waals surface area contributed by atoms with Crippen LogP contribution in [0.2, 0.25) is 0 Å². The van der Waals surface area contributed by atoms with E-state index in [1.807, 2.05) is 5.38 Å². The fourth-order valence-corrected chi connectivity index (χ4v) is 1.77. The summed E-state index contributed by atoms with van der Waals surface area (Å²) in [5.74, 6) is 0. The molecule has 0 bridgehead atoms. The zero-order chi connectivity index (χ0) is 8.39.